The van der Waals surface area contributed by atoms with E-state index in [2.05, 4.69) is 50.1 Å². The van der Waals surface area contributed by atoms with Crippen molar-refractivity contribution >= 4 is 29.0 Å². The van der Waals surface area contributed by atoms with Crippen molar-refractivity contribution in [1.82, 2.24) is 0 Å². The lowest BCUT2D eigenvalue weighted by Gasteiger charge is -2.27. The zero-order valence-corrected chi connectivity index (χ0v) is 23.9. The second-order valence-corrected chi connectivity index (χ2v) is 9.95. The molecule has 0 spiro atoms. The molecule has 0 aliphatic rings. The molecule has 5 heteroatoms. The first kappa shape index (κ1) is 29.4. The fraction of sp³-hybridized carbons (Fsp3) is 0.294. The van der Waals surface area contributed by atoms with E-state index in [9.17, 15) is 9.59 Å². The molecule has 0 bridgehead atoms. The van der Waals surface area contributed by atoms with Crippen molar-refractivity contribution in [1.29, 1.82) is 0 Å². The van der Waals surface area contributed by atoms with Gasteiger partial charge in [0.25, 0.3) is 0 Å². The van der Waals surface area contributed by atoms with Gasteiger partial charge in [-0.05, 0) is 99.2 Å². The minimum Gasteiger partial charge on any atom is -0.454 e. The number of hydrogen-bond donors (Lipinski definition) is 0. The molecular weight excluding hydrogens is 486 g/mol. The van der Waals surface area contributed by atoms with Crippen molar-refractivity contribution in [3.8, 4) is 0 Å². The fourth-order valence-corrected chi connectivity index (χ4v) is 4.22. The first-order chi connectivity index (χ1) is 18.5. The maximum absolute atomic E-state index is 12.1. The molecule has 0 heterocycles. The molecule has 2 atom stereocenters. The molecule has 204 valence electrons. The third-order valence-corrected chi connectivity index (χ3v) is 6.73. The molecule has 0 aromatic heterocycles. The van der Waals surface area contributed by atoms with Gasteiger partial charge in [0, 0.05) is 28.2 Å². The van der Waals surface area contributed by atoms with Crippen LogP contribution >= 0.6 is 0 Å². The predicted octanol–water partition coefficient (Wildman–Crippen LogP) is 8.91. The molecule has 0 fully saturated rings. The smallest absolute Gasteiger partial charge is 0.333 e. The molecule has 0 amide bonds. The molecule has 0 aliphatic carbocycles. The van der Waals surface area contributed by atoms with Gasteiger partial charge >= 0.3 is 11.9 Å². The van der Waals surface area contributed by atoms with E-state index >= 15 is 0 Å². The average molecular weight is 526 g/mol. The van der Waals surface area contributed by atoms with Gasteiger partial charge in [-0.15, -0.1) is 0 Å². The molecule has 2 unspecified atom stereocenters. The first-order valence-electron chi connectivity index (χ1n) is 13.4. The maximum Gasteiger partial charge on any atom is 0.333 e. The second-order valence-electron chi connectivity index (χ2n) is 9.95. The Morgan fingerprint density at radius 2 is 1.05 bits per heavy atom. The Morgan fingerprint density at radius 3 is 1.38 bits per heavy atom. The van der Waals surface area contributed by atoms with Crippen LogP contribution in [0.25, 0.3) is 0 Å². The normalized spacial score (nSPS) is 12.3. The van der Waals surface area contributed by atoms with Gasteiger partial charge in [0.1, 0.15) is 12.2 Å². The summed E-state index contributed by atoms with van der Waals surface area (Å²) in [5, 5.41) is 0. The Balaban J connectivity index is 1.99. The first-order valence-corrected chi connectivity index (χ1v) is 13.4. The molecule has 39 heavy (non-hydrogen) atoms. The summed E-state index contributed by atoms with van der Waals surface area (Å²) in [6.07, 6.45) is 0.640. The number of rotatable bonds is 11. The number of carbonyl (C=O) groups is 2. The van der Waals surface area contributed by atoms with E-state index in [4.69, 9.17) is 9.47 Å². The van der Waals surface area contributed by atoms with Crippen molar-refractivity contribution < 1.29 is 19.1 Å². The lowest BCUT2D eigenvalue weighted by Crippen LogP contribution is -2.13. The van der Waals surface area contributed by atoms with E-state index in [0.717, 1.165) is 28.2 Å². The van der Waals surface area contributed by atoms with Crippen LogP contribution in [0.15, 0.2) is 91.0 Å². The molecule has 3 rings (SSSR count). The molecule has 0 N–H and O–H groups in total. The number of benzene rings is 3. The van der Waals surface area contributed by atoms with Crippen LogP contribution in [0.3, 0.4) is 0 Å². The van der Waals surface area contributed by atoms with Gasteiger partial charge in [-0.1, -0.05) is 57.3 Å². The number of nitrogens with zero attached hydrogens (tertiary/aromatic N) is 1. The highest BCUT2D eigenvalue weighted by molar-refractivity contribution is 5.87. The standard InChI is InChI=1S/C34H39NO4/c1-9-31(38-33(36)22(3)4)26-12-17-28(18-13-26)35(30-16-11-24(7)25(8)21-30)29-19-14-27(15-20-29)32(10-2)39-34(37)23(5)6/h11-21,31-32H,3,5,9-10H2,1-2,4,6-8H3. The van der Waals surface area contributed by atoms with Gasteiger partial charge in [-0.25, -0.2) is 9.59 Å². The van der Waals surface area contributed by atoms with Gasteiger partial charge in [-0.3, -0.25) is 0 Å². The summed E-state index contributed by atoms with van der Waals surface area (Å²) >= 11 is 0. The highest BCUT2D eigenvalue weighted by atomic mass is 16.5. The second kappa shape index (κ2) is 13.1. The summed E-state index contributed by atoms with van der Waals surface area (Å²) in [7, 11) is 0. The van der Waals surface area contributed by atoms with E-state index in [1.807, 2.05) is 62.4 Å². The highest BCUT2D eigenvalue weighted by Crippen LogP contribution is 2.37. The van der Waals surface area contributed by atoms with Crippen LogP contribution in [-0.2, 0) is 19.1 Å². The molecule has 5 nitrogen and oxygen atoms in total. The Hall–Kier alpha value is -4.12. The van der Waals surface area contributed by atoms with Crippen molar-refractivity contribution in [3.05, 3.63) is 113 Å². The Kier molecular flexibility index (Phi) is 9.89. The summed E-state index contributed by atoms with van der Waals surface area (Å²) in [5.41, 5.74) is 8.00. The lowest BCUT2D eigenvalue weighted by molar-refractivity contribution is -0.145. The van der Waals surface area contributed by atoms with Gasteiger partial charge in [0.2, 0.25) is 0 Å². The molecular formula is C34H39NO4. The van der Waals surface area contributed by atoms with Crippen LogP contribution in [0.4, 0.5) is 17.1 Å². The number of ether oxygens (including phenoxy) is 2. The molecule has 3 aromatic carbocycles. The zero-order chi connectivity index (χ0) is 28.7. The lowest BCUT2D eigenvalue weighted by atomic mass is 10.0. The SMILES string of the molecule is C=C(C)C(=O)OC(CC)c1ccc(N(c2ccc(C(CC)OC(=O)C(=C)C)cc2)c2ccc(C)c(C)c2)cc1. The highest BCUT2D eigenvalue weighted by Gasteiger charge is 2.19. The third-order valence-electron chi connectivity index (χ3n) is 6.73. The van der Waals surface area contributed by atoms with Crippen LogP contribution in [0.1, 0.15) is 75.0 Å². The summed E-state index contributed by atoms with van der Waals surface area (Å²) in [6, 6.07) is 22.6. The number of aryl methyl sites for hydroxylation is 2. The van der Waals surface area contributed by atoms with E-state index < -0.39 is 0 Å². The quantitative estimate of drug-likeness (QED) is 0.185. The zero-order valence-electron chi connectivity index (χ0n) is 23.9. The van der Waals surface area contributed by atoms with Crippen LogP contribution in [0.5, 0.6) is 0 Å². The average Bonchev–Trinajstić information content (AvgIpc) is 2.93. The molecule has 3 aromatic rings. The third kappa shape index (κ3) is 7.26. The molecule has 0 saturated heterocycles. The number of anilines is 3. The van der Waals surface area contributed by atoms with Gasteiger partial charge in [-0.2, -0.15) is 0 Å². The van der Waals surface area contributed by atoms with Crippen molar-refractivity contribution in [2.75, 3.05) is 4.90 Å². The number of hydrogen-bond acceptors (Lipinski definition) is 5. The van der Waals surface area contributed by atoms with Crippen LogP contribution < -0.4 is 4.90 Å². The predicted molar refractivity (Wildman–Crippen MR) is 158 cm³/mol. The maximum atomic E-state index is 12.1. The van der Waals surface area contributed by atoms with Crippen molar-refractivity contribution in [2.45, 2.75) is 66.6 Å². The number of esters is 2. The Morgan fingerprint density at radius 1 is 0.667 bits per heavy atom. The molecule has 0 aliphatic heterocycles. The van der Waals surface area contributed by atoms with Crippen LogP contribution in [0.2, 0.25) is 0 Å². The van der Waals surface area contributed by atoms with Crippen LogP contribution in [-0.4, -0.2) is 11.9 Å². The monoisotopic (exact) mass is 525 g/mol. The summed E-state index contributed by atoms with van der Waals surface area (Å²) < 4.78 is 11.3. The van der Waals surface area contributed by atoms with E-state index in [1.54, 1.807) is 13.8 Å². The van der Waals surface area contributed by atoms with Crippen molar-refractivity contribution in [3.63, 3.8) is 0 Å². The van der Waals surface area contributed by atoms with Gasteiger partial charge < -0.3 is 14.4 Å². The summed E-state index contributed by atoms with van der Waals surface area (Å²) in [5.74, 6) is -0.774. The number of carbonyl (C=O) groups excluding carboxylic acids is 2. The summed E-state index contributed by atoms with van der Waals surface area (Å²) in [4.78, 5) is 26.4. The molecule has 0 saturated carbocycles. The van der Waals surface area contributed by atoms with E-state index in [0.29, 0.717) is 24.0 Å². The Bertz CT molecular complexity index is 1260. The minimum atomic E-state index is -0.387. The van der Waals surface area contributed by atoms with Gasteiger partial charge in [0.05, 0.1) is 0 Å². The summed E-state index contributed by atoms with van der Waals surface area (Å²) in [6.45, 7) is 18.9. The van der Waals surface area contributed by atoms with Crippen molar-refractivity contribution in [2.24, 2.45) is 0 Å². The Labute approximate surface area is 232 Å². The minimum absolute atomic E-state index is 0.342. The topological polar surface area (TPSA) is 55.8 Å². The van der Waals surface area contributed by atoms with E-state index in [-0.39, 0.29) is 24.1 Å². The fourth-order valence-electron chi connectivity index (χ4n) is 4.22. The molecule has 0 radical (unpaired) electrons. The van der Waals surface area contributed by atoms with E-state index in [1.165, 1.54) is 11.1 Å². The van der Waals surface area contributed by atoms with Gasteiger partial charge in [0.15, 0.2) is 0 Å². The van der Waals surface area contributed by atoms with Crippen LogP contribution in [0, 0.1) is 13.8 Å². The largest absolute Gasteiger partial charge is 0.454 e.